The molecule has 0 radical (unpaired) electrons. The summed E-state index contributed by atoms with van der Waals surface area (Å²) < 4.78 is 6.13. The Morgan fingerprint density at radius 3 is 2.60 bits per heavy atom. The lowest BCUT2D eigenvalue weighted by Crippen LogP contribution is -2.30. The molecule has 0 aliphatic carbocycles. The van der Waals surface area contributed by atoms with Gasteiger partial charge in [-0.3, -0.25) is 4.79 Å². The molecule has 1 heterocycles. The Morgan fingerprint density at radius 1 is 1.16 bits per heavy atom. The topological polar surface area (TPSA) is 59.5 Å². The minimum absolute atomic E-state index is 0.290. The van der Waals surface area contributed by atoms with Gasteiger partial charge in [0.15, 0.2) is 6.61 Å². The van der Waals surface area contributed by atoms with Crippen LogP contribution in [0, 0.1) is 0 Å². The summed E-state index contributed by atoms with van der Waals surface area (Å²) in [7, 11) is 1.66. The molecule has 5 nitrogen and oxygen atoms in total. The molecule has 0 saturated heterocycles. The Labute approximate surface area is 153 Å². The second kappa shape index (κ2) is 7.63. The van der Waals surface area contributed by atoms with E-state index in [1.54, 1.807) is 42.6 Å². The normalized spacial score (nSPS) is 10.6. The molecule has 0 saturated carbocycles. The van der Waals surface area contributed by atoms with Gasteiger partial charge in [0.2, 0.25) is 0 Å². The smallest absolute Gasteiger partial charge is 0.338 e. The van der Waals surface area contributed by atoms with Crippen molar-refractivity contribution in [2.24, 2.45) is 0 Å². The zero-order chi connectivity index (χ0) is 17.8. The van der Waals surface area contributed by atoms with Crippen molar-refractivity contribution in [3.05, 3.63) is 64.1 Å². The van der Waals surface area contributed by atoms with Gasteiger partial charge in [-0.1, -0.05) is 23.7 Å². The summed E-state index contributed by atoms with van der Waals surface area (Å²) in [4.78, 5) is 30.1. The number of esters is 1. The maximum atomic E-state index is 12.2. The number of rotatable bonds is 5. The maximum absolute atomic E-state index is 12.2. The standard InChI is InChI=1S/C18H15ClN2O3S/c1-21(10-16-20-14-4-2-3-5-15(14)25-16)17(22)11-24-18(23)12-6-8-13(19)9-7-12/h2-9H,10-11H2,1H3. The second-order valence-corrected chi connectivity index (χ2v) is 6.96. The van der Waals surface area contributed by atoms with Gasteiger partial charge in [0.25, 0.3) is 5.91 Å². The van der Waals surface area contributed by atoms with Gasteiger partial charge >= 0.3 is 5.97 Å². The van der Waals surface area contributed by atoms with Gasteiger partial charge in [0.1, 0.15) is 5.01 Å². The van der Waals surface area contributed by atoms with Crippen molar-refractivity contribution >= 4 is 45.0 Å². The van der Waals surface area contributed by atoms with E-state index < -0.39 is 5.97 Å². The molecule has 0 aliphatic rings. The number of hydrogen-bond acceptors (Lipinski definition) is 5. The van der Waals surface area contributed by atoms with Crippen LogP contribution in [-0.2, 0) is 16.1 Å². The molecule has 3 aromatic rings. The number of likely N-dealkylation sites (N-methyl/N-ethyl adjacent to an activating group) is 1. The van der Waals surface area contributed by atoms with Gasteiger partial charge in [-0.05, 0) is 36.4 Å². The molecule has 0 spiro atoms. The number of para-hydroxylation sites is 1. The lowest BCUT2D eigenvalue weighted by atomic mass is 10.2. The zero-order valence-electron chi connectivity index (χ0n) is 13.4. The van der Waals surface area contributed by atoms with E-state index in [2.05, 4.69) is 4.98 Å². The number of nitrogens with zero attached hydrogens (tertiary/aromatic N) is 2. The van der Waals surface area contributed by atoms with Crippen molar-refractivity contribution in [1.82, 2.24) is 9.88 Å². The molecule has 0 N–H and O–H groups in total. The van der Waals surface area contributed by atoms with E-state index in [4.69, 9.17) is 16.3 Å². The van der Waals surface area contributed by atoms with Crippen LogP contribution in [0.25, 0.3) is 10.2 Å². The predicted octanol–water partition coefficient (Wildman–Crippen LogP) is 3.77. The largest absolute Gasteiger partial charge is 0.452 e. The van der Waals surface area contributed by atoms with Crippen LogP contribution < -0.4 is 0 Å². The number of fused-ring (bicyclic) bond motifs is 1. The van der Waals surface area contributed by atoms with Crippen LogP contribution >= 0.6 is 22.9 Å². The number of carbonyl (C=O) groups is 2. The van der Waals surface area contributed by atoms with Crippen molar-refractivity contribution in [2.75, 3.05) is 13.7 Å². The van der Waals surface area contributed by atoms with E-state index in [9.17, 15) is 9.59 Å². The lowest BCUT2D eigenvalue weighted by Gasteiger charge is -2.15. The monoisotopic (exact) mass is 374 g/mol. The molecule has 25 heavy (non-hydrogen) atoms. The first-order valence-corrected chi connectivity index (χ1v) is 8.73. The number of thiazole rings is 1. The molecule has 0 fully saturated rings. The minimum atomic E-state index is -0.557. The van der Waals surface area contributed by atoms with Gasteiger partial charge in [0, 0.05) is 12.1 Å². The number of aromatic nitrogens is 1. The van der Waals surface area contributed by atoms with Crippen LogP contribution in [-0.4, -0.2) is 35.4 Å². The molecule has 1 aromatic heterocycles. The summed E-state index contributed by atoms with van der Waals surface area (Å²) in [6, 6.07) is 14.1. The molecule has 3 rings (SSSR count). The average Bonchev–Trinajstić information content (AvgIpc) is 3.02. The Balaban J connectivity index is 1.55. The zero-order valence-corrected chi connectivity index (χ0v) is 15.0. The van der Waals surface area contributed by atoms with Crippen LogP contribution in [0.4, 0.5) is 0 Å². The van der Waals surface area contributed by atoms with E-state index in [0.29, 0.717) is 17.1 Å². The SMILES string of the molecule is CN(Cc1nc2ccccc2s1)C(=O)COC(=O)c1ccc(Cl)cc1. The van der Waals surface area contributed by atoms with Crippen LogP contribution in [0.5, 0.6) is 0 Å². The summed E-state index contributed by atoms with van der Waals surface area (Å²) in [5.41, 5.74) is 1.27. The Bertz CT molecular complexity index is 875. The number of carbonyl (C=O) groups excluding carboxylic acids is 2. The van der Waals surface area contributed by atoms with E-state index in [-0.39, 0.29) is 12.5 Å². The number of ether oxygens (including phenoxy) is 1. The fourth-order valence-corrected chi connectivity index (χ4v) is 3.33. The summed E-state index contributed by atoms with van der Waals surface area (Å²) in [6.45, 7) is 0.0551. The summed E-state index contributed by atoms with van der Waals surface area (Å²) in [5, 5.41) is 1.37. The molecular weight excluding hydrogens is 360 g/mol. The number of hydrogen-bond donors (Lipinski definition) is 0. The molecule has 0 aliphatic heterocycles. The van der Waals surface area contributed by atoms with Crippen molar-refractivity contribution in [3.8, 4) is 0 Å². The van der Waals surface area contributed by atoms with Crippen molar-refractivity contribution in [3.63, 3.8) is 0 Å². The average molecular weight is 375 g/mol. The predicted molar refractivity (Wildman–Crippen MR) is 97.8 cm³/mol. The summed E-state index contributed by atoms with van der Waals surface area (Å²) in [6.07, 6.45) is 0. The van der Waals surface area contributed by atoms with Crippen LogP contribution in [0.1, 0.15) is 15.4 Å². The molecule has 0 atom stereocenters. The van der Waals surface area contributed by atoms with Crippen molar-refractivity contribution < 1.29 is 14.3 Å². The molecule has 7 heteroatoms. The molecule has 2 aromatic carbocycles. The van der Waals surface area contributed by atoms with Crippen LogP contribution in [0.2, 0.25) is 5.02 Å². The summed E-state index contributed by atoms with van der Waals surface area (Å²) >= 11 is 7.31. The van der Waals surface area contributed by atoms with E-state index >= 15 is 0 Å². The minimum Gasteiger partial charge on any atom is -0.452 e. The molecule has 0 unspecified atom stereocenters. The Hall–Kier alpha value is -2.44. The number of benzene rings is 2. The van der Waals surface area contributed by atoms with E-state index in [1.165, 1.54) is 4.90 Å². The molecule has 0 bridgehead atoms. The third-order valence-electron chi connectivity index (χ3n) is 3.54. The summed E-state index contributed by atoms with van der Waals surface area (Å²) in [5.74, 6) is -0.847. The third-order valence-corrected chi connectivity index (χ3v) is 4.82. The molecular formula is C18H15ClN2O3S. The second-order valence-electron chi connectivity index (χ2n) is 5.41. The van der Waals surface area contributed by atoms with Crippen LogP contribution in [0.15, 0.2) is 48.5 Å². The molecule has 128 valence electrons. The highest BCUT2D eigenvalue weighted by Gasteiger charge is 2.15. The van der Waals surface area contributed by atoms with Gasteiger partial charge in [-0.15, -0.1) is 11.3 Å². The first kappa shape index (κ1) is 17.4. The van der Waals surface area contributed by atoms with Crippen molar-refractivity contribution in [2.45, 2.75) is 6.54 Å². The van der Waals surface area contributed by atoms with Gasteiger partial charge in [-0.25, -0.2) is 9.78 Å². The highest BCUT2D eigenvalue weighted by Crippen LogP contribution is 2.22. The quantitative estimate of drug-likeness (QED) is 0.638. The van der Waals surface area contributed by atoms with Gasteiger partial charge < -0.3 is 9.64 Å². The first-order valence-electron chi connectivity index (χ1n) is 7.54. The van der Waals surface area contributed by atoms with Gasteiger partial charge in [-0.2, -0.15) is 0 Å². The lowest BCUT2D eigenvalue weighted by molar-refractivity contribution is -0.133. The van der Waals surface area contributed by atoms with Crippen LogP contribution in [0.3, 0.4) is 0 Å². The molecule has 1 amide bonds. The highest BCUT2D eigenvalue weighted by molar-refractivity contribution is 7.18. The van der Waals surface area contributed by atoms with E-state index in [0.717, 1.165) is 15.2 Å². The third kappa shape index (κ3) is 4.35. The Kier molecular flexibility index (Phi) is 5.31. The van der Waals surface area contributed by atoms with E-state index in [1.807, 2.05) is 24.3 Å². The Morgan fingerprint density at radius 2 is 1.88 bits per heavy atom. The number of amides is 1. The number of halogens is 1. The fraction of sp³-hybridized carbons (Fsp3) is 0.167. The maximum Gasteiger partial charge on any atom is 0.338 e. The highest BCUT2D eigenvalue weighted by atomic mass is 35.5. The van der Waals surface area contributed by atoms with Crippen molar-refractivity contribution in [1.29, 1.82) is 0 Å². The first-order chi connectivity index (χ1) is 12.0. The van der Waals surface area contributed by atoms with Gasteiger partial charge in [0.05, 0.1) is 22.3 Å². The fourth-order valence-electron chi connectivity index (χ4n) is 2.19.